The molecule has 5 nitrogen and oxygen atoms in total. The van der Waals surface area contributed by atoms with Crippen LogP contribution in [0.1, 0.15) is 29.6 Å². The van der Waals surface area contributed by atoms with E-state index in [1.165, 1.54) is 0 Å². The molecule has 0 radical (unpaired) electrons. The van der Waals surface area contributed by atoms with Gasteiger partial charge in [-0.2, -0.15) is 0 Å². The van der Waals surface area contributed by atoms with E-state index in [1.807, 2.05) is 23.1 Å². The molecule has 0 unspecified atom stereocenters. The predicted molar refractivity (Wildman–Crippen MR) is 88.7 cm³/mol. The molecule has 1 aromatic rings. The number of aliphatic hydroxyl groups excluding tert-OH is 1. The van der Waals surface area contributed by atoms with Crippen LogP contribution >= 0.6 is 0 Å². The van der Waals surface area contributed by atoms with Crippen molar-refractivity contribution in [3.8, 4) is 5.75 Å². The van der Waals surface area contributed by atoms with E-state index in [0.29, 0.717) is 24.4 Å². The molecular weight excluding hydrogens is 292 g/mol. The van der Waals surface area contributed by atoms with Gasteiger partial charge in [0.1, 0.15) is 5.75 Å². The van der Waals surface area contributed by atoms with E-state index in [4.69, 9.17) is 4.74 Å². The lowest BCUT2D eigenvalue weighted by Crippen LogP contribution is -2.62. The van der Waals surface area contributed by atoms with Gasteiger partial charge in [0.25, 0.3) is 5.91 Å². The van der Waals surface area contributed by atoms with Gasteiger partial charge in [0.15, 0.2) is 0 Å². The van der Waals surface area contributed by atoms with E-state index in [1.54, 1.807) is 13.2 Å². The summed E-state index contributed by atoms with van der Waals surface area (Å²) >= 11 is 0. The fourth-order valence-electron chi connectivity index (χ4n) is 4.14. The Morgan fingerprint density at radius 2 is 2.22 bits per heavy atom. The van der Waals surface area contributed by atoms with Crippen LogP contribution in [0.2, 0.25) is 0 Å². The van der Waals surface area contributed by atoms with Gasteiger partial charge in [0.05, 0.1) is 13.7 Å². The predicted octanol–water partition coefficient (Wildman–Crippen LogP) is 1.61. The highest BCUT2D eigenvalue weighted by Gasteiger charge is 2.47. The third-order valence-electron chi connectivity index (χ3n) is 5.62. The first-order valence-corrected chi connectivity index (χ1v) is 8.34. The monoisotopic (exact) mass is 318 g/mol. The van der Waals surface area contributed by atoms with Gasteiger partial charge in [-0.3, -0.25) is 4.79 Å². The molecule has 2 saturated heterocycles. The number of fused-ring (bicyclic) bond motifs is 1. The van der Waals surface area contributed by atoms with Crippen molar-refractivity contribution in [1.29, 1.82) is 0 Å². The van der Waals surface area contributed by atoms with Gasteiger partial charge in [0, 0.05) is 30.1 Å². The number of carbonyl (C=O) groups is 1. The maximum atomic E-state index is 12.8. The topological polar surface area (TPSA) is 53.0 Å². The molecule has 3 rings (SSSR count). The first kappa shape index (κ1) is 16.3. The number of carbonyl (C=O) groups excluding carboxylic acids is 1. The van der Waals surface area contributed by atoms with Gasteiger partial charge in [-0.1, -0.05) is 6.07 Å². The van der Waals surface area contributed by atoms with Crippen molar-refractivity contribution in [3.05, 3.63) is 29.8 Å². The minimum Gasteiger partial charge on any atom is -0.497 e. The van der Waals surface area contributed by atoms with Crippen LogP contribution in [-0.2, 0) is 0 Å². The number of rotatable bonds is 3. The van der Waals surface area contributed by atoms with E-state index in [9.17, 15) is 9.90 Å². The maximum absolute atomic E-state index is 12.8. The molecule has 5 heteroatoms. The third-order valence-corrected chi connectivity index (χ3v) is 5.62. The lowest BCUT2D eigenvalue weighted by molar-refractivity contribution is -0.0601. The summed E-state index contributed by atoms with van der Waals surface area (Å²) in [5.41, 5.74) is 0.623. The molecule has 0 spiro atoms. The Balaban J connectivity index is 1.78. The summed E-state index contributed by atoms with van der Waals surface area (Å²) in [5.74, 6) is 0.752. The molecule has 2 heterocycles. The highest BCUT2D eigenvalue weighted by molar-refractivity contribution is 5.94. The average molecular weight is 318 g/mol. The van der Waals surface area contributed by atoms with Crippen LogP contribution in [0.15, 0.2) is 24.3 Å². The zero-order chi connectivity index (χ0) is 16.4. The van der Waals surface area contributed by atoms with Crippen LogP contribution < -0.4 is 4.74 Å². The number of likely N-dealkylation sites (N-methyl/N-ethyl adjacent to an activating group) is 1. The van der Waals surface area contributed by atoms with Crippen molar-refractivity contribution in [2.75, 3.05) is 40.4 Å². The largest absolute Gasteiger partial charge is 0.497 e. The molecule has 0 aromatic heterocycles. The molecule has 2 aliphatic rings. The quantitative estimate of drug-likeness (QED) is 0.920. The third kappa shape index (κ3) is 2.95. The number of piperidine rings is 2. The van der Waals surface area contributed by atoms with E-state index >= 15 is 0 Å². The summed E-state index contributed by atoms with van der Waals surface area (Å²) in [6, 6.07) is 7.56. The molecule has 2 atom stereocenters. The van der Waals surface area contributed by atoms with Crippen LogP contribution in [0.4, 0.5) is 0 Å². The summed E-state index contributed by atoms with van der Waals surface area (Å²) in [6.07, 6.45) is 3.05. The Kier molecular flexibility index (Phi) is 4.60. The highest BCUT2D eigenvalue weighted by atomic mass is 16.5. The zero-order valence-corrected chi connectivity index (χ0v) is 14.0. The number of nitrogens with zero attached hydrogens (tertiary/aromatic N) is 2. The minimum absolute atomic E-state index is 0.0435. The van der Waals surface area contributed by atoms with Crippen LogP contribution in [-0.4, -0.2) is 67.3 Å². The van der Waals surface area contributed by atoms with E-state index in [2.05, 4.69) is 11.9 Å². The number of benzene rings is 1. The number of ether oxygens (including phenoxy) is 1. The second-order valence-electron chi connectivity index (χ2n) is 6.85. The van der Waals surface area contributed by atoms with Gasteiger partial charge in [-0.25, -0.2) is 0 Å². The number of hydrogen-bond donors (Lipinski definition) is 1. The average Bonchev–Trinajstić information content (AvgIpc) is 2.61. The zero-order valence-electron chi connectivity index (χ0n) is 14.0. The molecule has 126 valence electrons. The highest BCUT2D eigenvalue weighted by Crippen LogP contribution is 2.41. The molecule has 23 heavy (non-hydrogen) atoms. The molecule has 1 amide bonds. The van der Waals surface area contributed by atoms with Gasteiger partial charge < -0.3 is 19.6 Å². The minimum atomic E-state index is -0.0435. The van der Waals surface area contributed by atoms with E-state index in [0.717, 1.165) is 25.8 Å². The molecule has 0 aliphatic carbocycles. The first-order valence-electron chi connectivity index (χ1n) is 8.34. The molecule has 1 N–H and O–H groups in total. The fraction of sp³-hybridized carbons (Fsp3) is 0.611. The number of aliphatic hydroxyl groups is 1. The normalized spacial score (nSPS) is 28.3. The van der Waals surface area contributed by atoms with Crippen molar-refractivity contribution in [2.24, 2.45) is 5.41 Å². The van der Waals surface area contributed by atoms with Gasteiger partial charge in [0.2, 0.25) is 0 Å². The number of methoxy groups -OCH3 is 1. The van der Waals surface area contributed by atoms with Crippen LogP contribution in [0.5, 0.6) is 5.75 Å². The summed E-state index contributed by atoms with van der Waals surface area (Å²) < 4.78 is 5.22. The lowest BCUT2D eigenvalue weighted by atomic mass is 9.69. The van der Waals surface area contributed by atoms with Crippen molar-refractivity contribution in [3.63, 3.8) is 0 Å². The smallest absolute Gasteiger partial charge is 0.254 e. The first-order chi connectivity index (χ1) is 11.1. The Hall–Kier alpha value is -1.59. The summed E-state index contributed by atoms with van der Waals surface area (Å²) in [5, 5.41) is 9.96. The van der Waals surface area contributed by atoms with Crippen molar-refractivity contribution >= 4 is 5.91 Å². The van der Waals surface area contributed by atoms with Crippen molar-refractivity contribution in [1.82, 2.24) is 9.80 Å². The Bertz CT molecular complexity index is 577. The van der Waals surface area contributed by atoms with Crippen LogP contribution in [0, 0.1) is 5.41 Å². The van der Waals surface area contributed by atoms with Gasteiger partial charge in [-0.05, 0) is 51.1 Å². The molecule has 2 aliphatic heterocycles. The lowest BCUT2D eigenvalue weighted by Gasteiger charge is -2.53. The summed E-state index contributed by atoms with van der Waals surface area (Å²) in [6.45, 7) is 2.64. The molecule has 0 bridgehead atoms. The number of hydrogen-bond acceptors (Lipinski definition) is 4. The van der Waals surface area contributed by atoms with E-state index < -0.39 is 0 Å². The molecule has 1 aromatic carbocycles. The van der Waals surface area contributed by atoms with Gasteiger partial charge in [-0.15, -0.1) is 0 Å². The second-order valence-corrected chi connectivity index (χ2v) is 6.85. The number of likely N-dealkylation sites (tertiary alicyclic amines) is 2. The maximum Gasteiger partial charge on any atom is 0.254 e. The van der Waals surface area contributed by atoms with E-state index in [-0.39, 0.29) is 24.0 Å². The number of amides is 1. The van der Waals surface area contributed by atoms with Crippen LogP contribution in [0.25, 0.3) is 0 Å². The summed E-state index contributed by atoms with van der Waals surface area (Å²) in [7, 11) is 3.71. The summed E-state index contributed by atoms with van der Waals surface area (Å²) in [4.78, 5) is 17.1. The Morgan fingerprint density at radius 3 is 2.96 bits per heavy atom. The Morgan fingerprint density at radius 1 is 1.39 bits per heavy atom. The van der Waals surface area contributed by atoms with Crippen molar-refractivity contribution < 1.29 is 14.6 Å². The fourth-order valence-corrected chi connectivity index (χ4v) is 4.14. The SMILES string of the molecule is COc1cccc(C(=O)N2CC[C@@]3(CO)CCCN(C)[C@@H]3C2)c1. The second kappa shape index (κ2) is 6.49. The molecular formula is C18H26N2O3. The standard InChI is InChI=1S/C18H26N2O3/c1-19-9-4-7-18(13-21)8-10-20(12-16(18)19)17(22)14-5-3-6-15(11-14)23-2/h3,5-6,11,16,21H,4,7-10,12-13H2,1-2H3/t16-,18-/m1/s1. The van der Waals surface area contributed by atoms with Crippen LogP contribution in [0.3, 0.4) is 0 Å². The van der Waals surface area contributed by atoms with Gasteiger partial charge >= 0.3 is 0 Å². The molecule has 0 saturated carbocycles. The van der Waals surface area contributed by atoms with Crippen molar-refractivity contribution in [2.45, 2.75) is 25.3 Å². The molecule has 2 fully saturated rings. The Labute approximate surface area is 137 Å².